The predicted octanol–water partition coefficient (Wildman–Crippen LogP) is 2.92. The van der Waals surface area contributed by atoms with Gasteiger partial charge in [-0.15, -0.1) is 0 Å². The number of hydrogen-bond donors (Lipinski definition) is 1. The van der Waals surface area contributed by atoms with Crippen LogP contribution in [0.5, 0.6) is 0 Å². The number of rotatable bonds is 3. The van der Waals surface area contributed by atoms with E-state index in [1.165, 1.54) is 6.20 Å². The van der Waals surface area contributed by atoms with Gasteiger partial charge in [0.25, 0.3) is 0 Å². The smallest absolute Gasteiger partial charge is 0.1000 e. The Morgan fingerprint density at radius 2 is 2.06 bits per heavy atom. The van der Waals surface area contributed by atoms with Crippen LogP contribution in [0, 0.1) is 0 Å². The van der Waals surface area contributed by atoms with Gasteiger partial charge in [-0.25, -0.2) is 0 Å². The summed E-state index contributed by atoms with van der Waals surface area (Å²) in [6.45, 7) is 0.330. The standard InChI is InChI=1S/C11H10Cl2N2O/c12-8-5-14-15(6-8)7-11(16)9-3-1-2-4-10(9)13/h1-6,11,16H,7H2. The summed E-state index contributed by atoms with van der Waals surface area (Å²) in [4.78, 5) is 0. The summed E-state index contributed by atoms with van der Waals surface area (Å²) in [5.41, 5.74) is 0.691. The molecule has 0 saturated carbocycles. The van der Waals surface area contributed by atoms with Gasteiger partial charge in [-0.2, -0.15) is 5.10 Å². The molecule has 2 rings (SSSR count). The normalized spacial score (nSPS) is 12.7. The molecule has 1 unspecified atom stereocenters. The quantitative estimate of drug-likeness (QED) is 0.917. The Balaban J connectivity index is 2.14. The summed E-state index contributed by atoms with van der Waals surface area (Å²) in [5.74, 6) is 0. The molecule has 0 saturated heterocycles. The molecule has 16 heavy (non-hydrogen) atoms. The van der Waals surface area contributed by atoms with Crippen LogP contribution in [0.3, 0.4) is 0 Å². The maximum Gasteiger partial charge on any atom is 0.1000 e. The maximum absolute atomic E-state index is 9.98. The van der Waals surface area contributed by atoms with Gasteiger partial charge in [0.2, 0.25) is 0 Å². The molecule has 0 aliphatic heterocycles. The van der Waals surface area contributed by atoms with Crippen LogP contribution < -0.4 is 0 Å². The summed E-state index contributed by atoms with van der Waals surface area (Å²) in [5, 5.41) is 15.1. The van der Waals surface area contributed by atoms with Crippen LogP contribution in [0.2, 0.25) is 10.0 Å². The molecule has 0 radical (unpaired) electrons. The van der Waals surface area contributed by atoms with E-state index >= 15 is 0 Å². The predicted molar refractivity (Wildman–Crippen MR) is 63.6 cm³/mol. The van der Waals surface area contributed by atoms with Crippen molar-refractivity contribution in [1.82, 2.24) is 9.78 Å². The molecular formula is C11H10Cl2N2O. The highest BCUT2D eigenvalue weighted by Crippen LogP contribution is 2.23. The van der Waals surface area contributed by atoms with Crippen LogP contribution in [0.25, 0.3) is 0 Å². The van der Waals surface area contributed by atoms with Gasteiger partial charge in [0.15, 0.2) is 0 Å². The molecule has 0 fully saturated rings. The zero-order valence-electron chi connectivity index (χ0n) is 8.35. The summed E-state index contributed by atoms with van der Waals surface area (Å²) in [6.07, 6.45) is 2.49. The lowest BCUT2D eigenvalue weighted by molar-refractivity contribution is 0.151. The Hall–Kier alpha value is -1.03. The number of nitrogens with zero attached hydrogens (tertiary/aromatic N) is 2. The number of hydrogen-bond acceptors (Lipinski definition) is 2. The van der Waals surface area contributed by atoms with Crippen LogP contribution in [0.1, 0.15) is 11.7 Å². The van der Waals surface area contributed by atoms with Crippen molar-refractivity contribution in [2.24, 2.45) is 0 Å². The molecule has 1 N–H and O–H groups in total. The molecule has 1 aromatic heterocycles. The number of aromatic nitrogens is 2. The number of aliphatic hydroxyl groups is 1. The SMILES string of the molecule is OC(Cn1cc(Cl)cn1)c1ccccc1Cl. The Morgan fingerprint density at radius 1 is 1.31 bits per heavy atom. The highest BCUT2D eigenvalue weighted by molar-refractivity contribution is 6.31. The molecule has 1 aromatic carbocycles. The minimum atomic E-state index is -0.690. The van der Waals surface area contributed by atoms with Gasteiger partial charge in [-0.1, -0.05) is 41.4 Å². The van der Waals surface area contributed by atoms with Crippen molar-refractivity contribution in [3.63, 3.8) is 0 Å². The van der Waals surface area contributed by atoms with Gasteiger partial charge in [-0.05, 0) is 6.07 Å². The second-order valence-corrected chi connectivity index (χ2v) is 4.26. The molecular weight excluding hydrogens is 247 g/mol. The van der Waals surface area contributed by atoms with Gasteiger partial charge in [0, 0.05) is 16.8 Å². The van der Waals surface area contributed by atoms with E-state index in [2.05, 4.69) is 5.10 Å². The fraction of sp³-hybridized carbons (Fsp3) is 0.182. The van der Waals surface area contributed by atoms with Gasteiger partial charge >= 0.3 is 0 Å². The Kier molecular flexibility index (Phi) is 3.49. The first-order valence-corrected chi connectivity index (χ1v) is 5.53. The van der Waals surface area contributed by atoms with E-state index in [9.17, 15) is 5.11 Å². The fourth-order valence-corrected chi connectivity index (χ4v) is 1.88. The molecule has 1 heterocycles. The van der Waals surface area contributed by atoms with Crippen molar-refractivity contribution in [2.45, 2.75) is 12.6 Å². The van der Waals surface area contributed by atoms with Gasteiger partial charge in [-0.3, -0.25) is 4.68 Å². The highest BCUT2D eigenvalue weighted by atomic mass is 35.5. The number of halogens is 2. The minimum Gasteiger partial charge on any atom is -0.386 e. The lowest BCUT2D eigenvalue weighted by Gasteiger charge is -2.12. The van der Waals surface area contributed by atoms with Crippen LogP contribution >= 0.6 is 23.2 Å². The number of aliphatic hydroxyl groups excluding tert-OH is 1. The third-order valence-electron chi connectivity index (χ3n) is 2.23. The van der Waals surface area contributed by atoms with E-state index < -0.39 is 6.10 Å². The Labute approximate surface area is 103 Å². The first kappa shape index (κ1) is 11.5. The molecule has 3 nitrogen and oxygen atoms in total. The van der Waals surface area contributed by atoms with Crippen LogP contribution in [-0.4, -0.2) is 14.9 Å². The molecule has 5 heteroatoms. The summed E-state index contributed by atoms with van der Waals surface area (Å²) in [6, 6.07) is 7.19. The molecule has 0 spiro atoms. The molecule has 0 amide bonds. The average molecular weight is 257 g/mol. The first-order valence-electron chi connectivity index (χ1n) is 4.77. The monoisotopic (exact) mass is 256 g/mol. The van der Waals surface area contributed by atoms with Crippen molar-refractivity contribution in [3.05, 3.63) is 52.3 Å². The highest BCUT2D eigenvalue weighted by Gasteiger charge is 2.12. The molecule has 2 aromatic rings. The molecule has 0 bridgehead atoms. The van der Waals surface area contributed by atoms with E-state index in [1.54, 1.807) is 23.0 Å². The maximum atomic E-state index is 9.98. The molecule has 1 atom stereocenters. The third-order valence-corrected chi connectivity index (χ3v) is 2.77. The van der Waals surface area contributed by atoms with Crippen molar-refractivity contribution in [3.8, 4) is 0 Å². The summed E-state index contributed by atoms with van der Waals surface area (Å²) in [7, 11) is 0. The summed E-state index contributed by atoms with van der Waals surface area (Å²) < 4.78 is 1.58. The largest absolute Gasteiger partial charge is 0.386 e. The minimum absolute atomic E-state index is 0.330. The lowest BCUT2D eigenvalue weighted by Crippen LogP contribution is -2.09. The Morgan fingerprint density at radius 3 is 2.69 bits per heavy atom. The fourth-order valence-electron chi connectivity index (χ4n) is 1.46. The van der Waals surface area contributed by atoms with Crippen LogP contribution in [-0.2, 0) is 6.54 Å². The zero-order chi connectivity index (χ0) is 11.5. The molecule has 84 valence electrons. The van der Waals surface area contributed by atoms with Crippen molar-refractivity contribution >= 4 is 23.2 Å². The van der Waals surface area contributed by atoms with E-state index in [1.807, 2.05) is 12.1 Å². The zero-order valence-corrected chi connectivity index (χ0v) is 9.86. The first-order chi connectivity index (χ1) is 7.66. The second kappa shape index (κ2) is 4.87. The van der Waals surface area contributed by atoms with Crippen molar-refractivity contribution < 1.29 is 5.11 Å². The second-order valence-electron chi connectivity index (χ2n) is 3.42. The third kappa shape index (κ3) is 2.55. The lowest BCUT2D eigenvalue weighted by atomic mass is 10.1. The van der Waals surface area contributed by atoms with Gasteiger partial charge < -0.3 is 5.11 Å². The van der Waals surface area contributed by atoms with Crippen LogP contribution in [0.15, 0.2) is 36.7 Å². The van der Waals surface area contributed by atoms with Gasteiger partial charge in [0.05, 0.1) is 23.9 Å². The molecule has 0 aliphatic rings. The van der Waals surface area contributed by atoms with Gasteiger partial charge in [0.1, 0.15) is 0 Å². The van der Waals surface area contributed by atoms with Crippen molar-refractivity contribution in [2.75, 3.05) is 0 Å². The summed E-state index contributed by atoms with van der Waals surface area (Å²) >= 11 is 11.7. The van der Waals surface area contributed by atoms with Crippen molar-refractivity contribution in [1.29, 1.82) is 0 Å². The topological polar surface area (TPSA) is 38.0 Å². The van der Waals surface area contributed by atoms with E-state index in [0.717, 1.165) is 0 Å². The number of benzene rings is 1. The average Bonchev–Trinajstić information content (AvgIpc) is 2.64. The van der Waals surface area contributed by atoms with E-state index in [-0.39, 0.29) is 0 Å². The Bertz CT molecular complexity index is 484. The van der Waals surface area contributed by atoms with E-state index in [0.29, 0.717) is 22.2 Å². The van der Waals surface area contributed by atoms with Crippen LogP contribution in [0.4, 0.5) is 0 Å². The molecule has 0 aliphatic carbocycles. The van der Waals surface area contributed by atoms with E-state index in [4.69, 9.17) is 23.2 Å².